The molecule has 0 saturated carbocycles. The predicted octanol–water partition coefficient (Wildman–Crippen LogP) is 0.758. The summed E-state index contributed by atoms with van der Waals surface area (Å²) in [6.45, 7) is 0. The second-order valence-electron chi connectivity index (χ2n) is 2.01. The minimum Gasteiger partial charge on any atom is -0.389 e. The molecule has 3 nitrogen and oxygen atoms in total. The van der Waals surface area contributed by atoms with Crippen molar-refractivity contribution in [3.05, 3.63) is 23.9 Å². The van der Waals surface area contributed by atoms with Crippen LogP contribution in [-0.2, 0) is 0 Å². The predicted molar refractivity (Wildman–Crippen MR) is 49.7 cm³/mol. The molecule has 1 rings (SSSR count). The lowest BCUT2D eigenvalue weighted by Gasteiger charge is -2.04. The van der Waals surface area contributed by atoms with E-state index in [9.17, 15) is 0 Å². The molecule has 1 aromatic rings. The molecular weight excluding hydrogens is 158 g/mol. The molecule has 0 radical (unpaired) electrons. The minimum absolute atomic E-state index is 0.363. The van der Waals surface area contributed by atoms with Crippen LogP contribution in [0.25, 0.3) is 0 Å². The van der Waals surface area contributed by atoms with Crippen LogP contribution in [-0.4, -0.2) is 17.0 Å². The molecule has 3 N–H and O–H groups in total. The third-order valence-electron chi connectivity index (χ3n) is 1.31. The fourth-order valence-corrected chi connectivity index (χ4v) is 0.968. The van der Waals surface area contributed by atoms with Gasteiger partial charge in [0.25, 0.3) is 0 Å². The van der Waals surface area contributed by atoms with Crippen molar-refractivity contribution in [3.8, 4) is 0 Å². The SMILES string of the molecule is CNc1ncccc1C(N)=S. The maximum absolute atomic E-state index is 5.44. The number of anilines is 1. The van der Waals surface area contributed by atoms with E-state index in [1.807, 2.05) is 6.07 Å². The minimum atomic E-state index is 0.363. The largest absolute Gasteiger partial charge is 0.389 e. The Morgan fingerprint density at radius 2 is 2.45 bits per heavy atom. The van der Waals surface area contributed by atoms with Gasteiger partial charge in [0.05, 0.1) is 5.56 Å². The average Bonchev–Trinajstić information content (AvgIpc) is 2.04. The summed E-state index contributed by atoms with van der Waals surface area (Å²) in [5, 5.41) is 2.90. The van der Waals surface area contributed by atoms with E-state index in [4.69, 9.17) is 18.0 Å². The first-order chi connectivity index (χ1) is 5.25. The number of nitrogens with zero attached hydrogens (tertiary/aromatic N) is 1. The van der Waals surface area contributed by atoms with Crippen LogP contribution in [0.15, 0.2) is 18.3 Å². The highest BCUT2D eigenvalue weighted by molar-refractivity contribution is 7.80. The van der Waals surface area contributed by atoms with Gasteiger partial charge in [-0.2, -0.15) is 0 Å². The van der Waals surface area contributed by atoms with Crippen molar-refractivity contribution < 1.29 is 0 Å². The number of aromatic nitrogens is 1. The maximum atomic E-state index is 5.44. The first-order valence-corrected chi connectivity index (χ1v) is 3.59. The molecule has 0 bridgehead atoms. The second-order valence-corrected chi connectivity index (χ2v) is 2.45. The first-order valence-electron chi connectivity index (χ1n) is 3.18. The van der Waals surface area contributed by atoms with Crippen molar-refractivity contribution in [1.29, 1.82) is 0 Å². The van der Waals surface area contributed by atoms with Gasteiger partial charge in [-0.25, -0.2) is 4.98 Å². The third-order valence-corrected chi connectivity index (χ3v) is 1.53. The van der Waals surface area contributed by atoms with E-state index in [2.05, 4.69) is 10.3 Å². The Morgan fingerprint density at radius 1 is 1.73 bits per heavy atom. The molecule has 0 fully saturated rings. The molecule has 0 aliphatic heterocycles. The Balaban J connectivity index is 3.12. The number of hydrogen-bond donors (Lipinski definition) is 2. The van der Waals surface area contributed by atoms with Gasteiger partial charge in [-0.15, -0.1) is 0 Å². The zero-order chi connectivity index (χ0) is 8.27. The van der Waals surface area contributed by atoms with Gasteiger partial charge in [-0.3, -0.25) is 0 Å². The van der Waals surface area contributed by atoms with E-state index in [-0.39, 0.29) is 0 Å². The summed E-state index contributed by atoms with van der Waals surface area (Å²) >= 11 is 4.81. The molecule has 0 spiro atoms. The van der Waals surface area contributed by atoms with Crippen LogP contribution in [0.3, 0.4) is 0 Å². The van der Waals surface area contributed by atoms with Crippen LogP contribution in [0.1, 0.15) is 5.56 Å². The molecule has 1 aromatic heterocycles. The lowest BCUT2D eigenvalue weighted by atomic mass is 10.2. The number of rotatable bonds is 2. The van der Waals surface area contributed by atoms with E-state index >= 15 is 0 Å². The van der Waals surface area contributed by atoms with E-state index in [0.29, 0.717) is 4.99 Å². The van der Waals surface area contributed by atoms with Crippen molar-refractivity contribution >= 4 is 23.0 Å². The molecule has 0 aromatic carbocycles. The lowest BCUT2D eigenvalue weighted by Crippen LogP contribution is -2.12. The maximum Gasteiger partial charge on any atom is 0.135 e. The Hall–Kier alpha value is -1.16. The van der Waals surface area contributed by atoms with E-state index in [0.717, 1.165) is 11.4 Å². The highest BCUT2D eigenvalue weighted by atomic mass is 32.1. The summed E-state index contributed by atoms with van der Waals surface area (Å²) in [5.41, 5.74) is 6.22. The molecule has 11 heavy (non-hydrogen) atoms. The number of nitrogens with two attached hydrogens (primary N) is 1. The van der Waals surface area contributed by atoms with Crippen molar-refractivity contribution in [2.45, 2.75) is 0 Å². The van der Waals surface area contributed by atoms with Gasteiger partial charge in [-0.1, -0.05) is 12.2 Å². The van der Waals surface area contributed by atoms with E-state index in [1.54, 1.807) is 19.3 Å². The lowest BCUT2D eigenvalue weighted by molar-refractivity contribution is 1.28. The van der Waals surface area contributed by atoms with E-state index in [1.165, 1.54) is 0 Å². The molecule has 0 unspecified atom stereocenters. The summed E-state index contributed by atoms with van der Waals surface area (Å²) < 4.78 is 0. The summed E-state index contributed by atoms with van der Waals surface area (Å²) in [4.78, 5) is 4.40. The van der Waals surface area contributed by atoms with Crippen LogP contribution in [0.2, 0.25) is 0 Å². The number of nitrogens with one attached hydrogen (secondary N) is 1. The highest BCUT2D eigenvalue weighted by Gasteiger charge is 2.01. The van der Waals surface area contributed by atoms with E-state index < -0.39 is 0 Å². The van der Waals surface area contributed by atoms with Crippen molar-refractivity contribution in [2.75, 3.05) is 12.4 Å². The number of pyridine rings is 1. The highest BCUT2D eigenvalue weighted by Crippen LogP contribution is 2.09. The Labute approximate surface area is 70.6 Å². The Morgan fingerprint density at radius 3 is 2.91 bits per heavy atom. The van der Waals surface area contributed by atoms with Gasteiger partial charge >= 0.3 is 0 Å². The molecule has 1 heterocycles. The quantitative estimate of drug-likeness (QED) is 0.638. The molecule has 0 aliphatic carbocycles. The zero-order valence-corrected chi connectivity index (χ0v) is 6.98. The fourth-order valence-electron chi connectivity index (χ4n) is 0.803. The van der Waals surface area contributed by atoms with Gasteiger partial charge in [0.1, 0.15) is 10.8 Å². The first kappa shape index (κ1) is 7.94. The molecular formula is C7H9N3S. The Bertz CT molecular complexity index is 272. The number of hydrogen-bond acceptors (Lipinski definition) is 3. The summed E-state index contributed by atoms with van der Waals surface area (Å²) in [7, 11) is 1.78. The molecule has 0 saturated heterocycles. The fraction of sp³-hybridized carbons (Fsp3) is 0.143. The summed E-state index contributed by atoms with van der Waals surface area (Å²) in [5.74, 6) is 0.722. The summed E-state index contributed by atoms with van der Waals surface area (Å²) in [6.07, 6.45) is 1.69. The standard InChI is InChI=1S/C7H9N3S/c1-9-7-5(6(8)11)3-2-4-10-7/h2-4H,1H3,(H2,8,11)(H,9,10). The summed E-state index contributed by atoms with van der Waals surface area (Å²) in [6, 6.07) is 3.64. The van der Waals surface area contributed by atoms with Gasteiger partial charge in [0, 0.05) is 13.2 Å². The van der Waals surface area contributed by atoms with Gasteiger partial charge < -0.3 is 11.1 Å². The van der Waals surface area contributed by atoms with Crippen LogP contribution in [0.4, 0.5) is 5.82 Å². The topological polar surface area (TPSA) is 50.9 Å². The monoisotopic (exact) mass is 167 g/mol. The van der Waals surface area contributed by atoms with Crippen LogP contribution in [0, 0.1) is 0 Å². The zero-order valence-electron chi connectivity index (χ0n) is 6.16. The van der Waals surface area contributed by atoms with Crippen LogP contribution >= 0.6 is 12.2 Å². The third kappa shape index (κ3) is 1.65. The molecule has 58 valence electrons. The average molecular weight is 167 g/mol. The van der Waals surface area contributed by atoms with Crippen molar-refractivity contribution in [1.82, 2.24) is 4.98 Å². The molecule has 0 atom stereocenters. The normalized spacial score (nSPS) is 9.18. The molecule has 0 aliphatic rings. The van der Waals surface area contributed by atoms with Gasteiger partial charge in [0.2, 0.25) is 0 Å². The smallest absolute Gasteiger partial charge is 0.135 e. The van der Waals surface area contributed by atoms with Gasteiger partial charge in [-0.05, 0) is 12.1 Å². The second kappa shape index (κ2) is 3.30. The Kier molecular flexibility index (Phi) is 2.38. The van der Waals surface area contributed by atoms with Crippen molar-refractivity contribution in [3.63, 3.8) is 0 Å². The number of thiocarbonyl (C=S) groups is 1. The van der Waals surface area contributed by atoms with Crippen molar-refractivity contribution in [2.24, 2.45) is 5.73 Å². The molecule has 4 heteroatoms. The van der Waals surface area contributed by atoms with Crippen LogP contribution < -0.4 is 11.1 Å². The molecule has 0 amide bonds. The van der Waals surface area contributed by atoms with Gasteiger partial charge in [0.15, 0.2) is 0 Å². The van der Waals surface area contributed by atoms with Crippen LogP contribution in [0.5, 0.6) is 0 Å².